The SMILES string of the molecule is COCC(C)CNS(=O)(=O)c1cc(CN)n(C(C)C)c1. The number of nitrogens with zero attached hydrogens (tertiary/aromatic N) is 1. The Balaban J connectivity index is 2.87. The summed E-state index contributed by atoms with van der Waals surface area (Å²) in [5.74, 6) is 0.121. The Labute approximate surface area is 121 Å². The van der Waals surface area contributed by atoms with Crippen molar-refractivity contribution < 1.29 is 13.2 Å². The minimum absolute atomic E-state index is 0.121. The first kappa shape index (κ1) is 17.2. The molecule has 0 amide bonds. The fraction of sp³-hybridized carbons (Fsp3) is 0.692. The lowest BCUT2D eigenvalue weighted by Gasteiger charge is -2.11. The zero-order chi connectivity index (χ0) is 15.3. The quantitative estimate of drug-likeness (QED) is 0.752. The molecule has 1 rings (SSSR count). The molecule has 0 bridgehead atoms. The van der Waals surface area contributed by atoms with E-state index in [0.29, 0.717) is 19.7 Å². The molecule has 0 saturated carbocycles. The van der Waals surface area contributed by atoms with Crippen LogP contribution >= 0.6 is 0 Å². The van der Waals surface area contributed by atoms with Crippen LogP contribution in [0.5, 0.6) is 0 Å². The van der Waals surface area contributed by atoms with Gasteiger partial charge < -0.3 is 15.0 Å². The monoisotopic (exact) mass is 303 g/mol. The molecule has 0 radical (unpaired) electrons. The van der Waals surface area contributed by atoms with E-state index in [1.54, 1.807) is 19.4 Å². The maximum Gasteiger partial charge on any atom is 0.242 e. The molecule has 7 heteroatoms. The van der Waals surface area contributed by atoms with E-state index in [0.717, 1.165) is 5.69 Å². The average Bonchev–Trinajstić information content (AvgIpc) is 2.82. The summed E-state index contributed by atoms with van der Waals surface area (Å²) in [6.45, 7) is 7.09. The Kier molecular flexibility index (Phi) is 6.19. The highest BCUT2D eigenvalue weighted by Gasteiger charge is 2.19. The third-order valence-corrected chi connectivity index (χ3v) is 4.45. The molecule has 0 spiro atoms. The normalized spacial score (nSPS) is 13.9. The predicted molar refractivity (Wildman–Crippen MR) is 78.9 cm³/mol. The second-order valence-electron chi connectivity index (χ2n) is 5.28. The molecule has 1 heterocycles. The third kappa shape index (κ3) is 4.31. The number of methoxy groups -OCH3 is 1. The van der Waals surface area contributed by atoms with Gasteiger partial charge >= 0.3 is 0 Å². The molecule has 20 heavy (non-hydrogen) atoms. The van der Waals surface area contributed by atoms with Gasteiger partial charge in [0.25, 0.3) is 0 Å². The summed E-state index contributed by atoms with van der Waals surface area (Å²) in [5.41, 5.74) is 6.46. The zero-order valence-electron chi connectivity index (χ0n) is 12.6. The number of hydrogen-bond acceptors (Lipinski definition) is 4. The van der Waals surface area contributed by atoms with Crippen LogP contribution in [0.2, 0.25) is 0 Å². The smallest absolute Gasteiger partial charge is 0.242 e. The molecule has 0 fully saturated rings. The molecule has 116 valence electrons. The van der Waals surface area contributed by atoms with Gasteiger partial charge in [-0.05, 0) is 25.8 Å². The maximum absolute atomic E-state index is 12.2. The van der Waals surface area contributed by atoms with Crippen LogP contribution < -0.4 is 10.5 Å². The molecule has 1 aromatic rings. The van der Waals surface area contributed by atoms with Gasteiger partial charge in [0.15, 0.2) is 0 Å². The van der Waals surface area contributed by atoms with E-state index in [9.17, 15) is 8.42 Å². The highest BCUT2D eigenvalue weighted by molar-refractivity contribution is 7.89. The van der Waals surface area contributed by atoms with Crippen LogP contribution in [0.3, 0.4) is 0 Å². The molecule has 0 saturated heterocycles. The van der Waals surface area contributed by atoms with Crippen LogP contribution in [0.4, 0.5) is 0 Å². The topological polar surface area (TPSA) is 86.3 Å². The first-order chi connectivity index (χ1) is 9.31. The Morgan fingerprint density at radius 3 is 2.50 bits per heavy atom. The van der Waals surface area contributed by atoms with Crippen LogP contribution in [0.15, 0.2) is 17.2 Å². The summed E-state index contributed by atoms with van der Waals surface area (Å²) in [6.07, 6.45) is 1.64. The maximum atomic E-state index is 12.2. The van der Waals surface area contributed by atoms with Crippen molar-refractivity contribution in [3.8, 4) is 0 Å². The Morgan fingerprint density at radius 1 is 1.40 bits per heavy atom. The molecule has 3 N–H and O–H groups in total. The fourth-order valence-electron chi connectivity index (χ4n) is 1.97. The fourth-order valence-corrected chi connectivity index (χ4v) is 3.18. The van der Waals surface area contributed by atoms with Crippen molar-refractivity contribution in [2.75, 3.05) is 20.3 Å². The van der Waals surface area contributed by atoms with Crippen molar-refractivity contribution >= 4 is 10.0 Å². The molecule has 1 atom stereocenters. The highest BCUT2D eigenvalue weighted by atomic mass is 32.2. The van der Waals surface area contributed by atoms with Crippen molar-refractivity contribution in [2.45, 2.75) is 38.3 Å². The van der Waals surface area contributed by atoms with Crippen LogP contribution in [0, 0.1) is 5.92 Å². The van der Waals surface area contributed by atoms with E-state index in [2.05, 4.69) is 4.72 Å². The summed E-state index contributed by atoms with van der Waals surface area (Å²) in [7, 11) is -1.90. The predicted octanol–water partition coefficient (Wildman–Crippen LogP) is 1.09. The van der Waals surface area contributed by atoms with Crippen molar-refractivity contribution in [1.29, 1.82) is 0 Å². The Bertz CT molecular complexity index is 523. The summed E-state index contributed by atoms with van der Waals surface area (Å²) < 4.78 is 34.0. The van der Waals surface area contributed by atoms with Gasteiger partial charge in [0, 0.05) is 44.7 Å². The molecular formula is C13H25N3O3S. The molecule has 0 aliphatic carbocycles. The van der Waals surface area contributed by atoms with Crippen molar-refractivity contribution in [3.63, 3.8) is 0 Å². The first-order valence-corrected chi connectivity index (χ1v) is 8.19. The minimum atomic E-state index is -3.50. The van der Waals surface area contributed by atoms with Gasteiger partial charge in [-0.15, -0.1) is 0 Å². The highest BCUT2D eigenvalue weighted by Crippen LogP contribution is 2.18. The number of hydrogen-bond donors (Lipinski definition) is 2. The summed E-state index contributed by atoms with van der Waals surface area (Å²) in [5, 5.41) is 0. The van der Waals surface area contributed by atoms with E-state index in [1.165, 1.54) is 0 Å². The third-order valence-electron chi connectivity index (χ3n) is 3.06. The first-order valence-electron chi connectivity index (χ1n) is 6.71. The summed E-state index contributed by atoms with van der Waals surface area (Å²) in [6, 6.07) is 1.80. The lowest BCUT2D eigenvalue weighted by atomic mass is 10.2. The van der Waals surface area contributed by atoms with Crippen LogP contribution in [0.1, 0.15) is 32.5 Å². The van der Waals surface area contributed by atoms with E-state index in [-0.39, 0.29) is 16.9 Å². The number of aromatic nitrogens is 1. The summed E-state index contributed by atoms with van der Waals surface area (Å²) >= 11 is 0. The molecule has 0 aliphatic rings. The standard InChI is InChI=1S/C13H25N3O3S/c1-10(2)16-8-13(5-12(16)6-14)20(17,18)15-7-11(3)9-19-4/h5,8,10-11,15H,6-7,9,14H2,1-4H3. The summed E-state index contributed by atoms with van der Waals surface area (Å²) in [4.78, 5) is 0.260. The Morgan fingerprint density at radius 2 is 2.05 bits per heavy atom. The number of ether oxygens (including phenoxy) is 1. The van der Waals surface area contributed by atoms with Crippen molar-refractivity contribution in [1.82, 2.24) is 9.29 Å². The average molecular weight is 303 g/mol. The van der Waals surface area contributed by atoms with Gasteiger partial charge in [-0.1, -0.05) is 6.92 Å². The largest absolute Gasteiger partial charge is 0.384 e. The van der Waals surface area contributed by atoms with E-state index < -0.39 is 10.0 Å². The second kappa shape index (κ2) is 7.21. The second-order valence-corrected chi connectivity index (χ2v) is 7.05. The lowest BCUT2D eigenvalue weighted by molar-refractivity contribution is 0.161. The van der Waals surface area contributed by atoms with E-state index in [1.807, 2.05) is 25.3 Å². The van der Waals surface area contributed by atoms with Crippen molar-refractivity contribution in [2.24, 2.45) is 11.7 Å². The molecule has 1 aromatic heterocycles. The number of nitrogens with two attached hydrogens (primary N) is 1. The molecule has 0 aromatic carbocycles. The van der Waals surface area contributed by atoms with Crippen molar-refractivity contribution in [3.05, 3.63) is 18.0 Å². The van der Waals surface area contributed by atoms with Gasteiger partial charge in [-0.2, -0.15) is 0 Å². The van der Waals surface area contributed by atoms with E-state index in [4.69, 9.17) is 10.5 Å². The van der Waals surface area contributed by atoms with Gasteiger partial charge in [0.2, 0.25) is 10.0 Å². The van der Waals surface area contributed by atoms with Gasteiger partial charge in [0.1, 0.15) is 0 Å². The minimum Gasteiger partial charge on any atom is -0.384 e. The molecule has 6 nitrogen and oxygen atoms in total. The molecular weight excluding hydrogens is 278 g/mol. The van der Waals surface area contributed by atoms with Crippen LogP contribution in [-0.4, -0.2) is 33.2 Å². The van der Waals surface area contributed by atoms with Crippen LogP contribution in [0.25, 0.3) is 0 Å². The van der Waals surface area contributed by atoms with Gasteiger partial charge in [0.05, 0.1) is 4.90 Å². The van der Waals surface area contributed by atoms with E-state index >= 15 is 0 Å². The van der Waals surface area contributed by atoms with Gasteiger partial charge in [-0.3, -0.25) is 0 Å². The number of sulfonamides is 1. The lowest BCUT2D eigenvalue weighted by Crippen LogP contribution is -2.29. The zero-order valence-corrected chi connectivity index (χ0v) is 13.4. The number of rotatable bonds is 8. The Hall–Kier alpha value is -0.890. The van der Waals surface area contributed by atoms with Gasteiger partial charge in [-0.25, -0.2) is 13.1 Å². The van der Waals surface area contributed by atoms with Crippen LogP contribution in [-0.2, 0) is 21.3 Å². The molecule has 1 unspecified atom stereocenters. The molecule has 0 aliphatic heterocycles. The number of nitrogens with one attached hydrogen (secondary N) is 1.